The molecule has 0 radical (unpaired) electrons. The van der Waals surface area contributed by atoms with Crippen molar-refractivity contribution in [3.8, 4) is 0 Å². The first-order valence-electron chi connectivity index (χ1n) is 13.3. The molecule has 3 aromatic rings. The first-order chi connectivity index (χ1) is 17.1. The van der Waals surface area contributed by atoms with Gasteiger partial charge in [-0.1, -0.05) is 24.3 Å². The molecule has 0 saturated heterocycles. The van der Waals surface area contributed by atoms with E-state index in [1.54, 1.807) is 6.33 Å². The summed E-state index contributed by atoms with van der Waals surface area (Å²) in [5, 5.41) is 4.38. The molecule has 0 spiro atoms. The first-order valence-corrected chi connectivity index (χ1v) is 13.3. The molecule has 180 valence electrons. The fourth-order valence-electron chi connectivity index (χ4n) is 8.10. The standard InChI is InChI=1S/C29H33N5O/c35-27(15-29-12-19-9-20(13-29)11-21(10-19)14-29)33-28-24-7-8-34(17-26(24)30-18-31-28)16-23-6-5-22-3-1-2-4-25(22)32-23/h1-6,18-21H,7-17H2,(H,30,31,33,35). The Kier molecular flexibility index (Phi) is 5.12. The van der Waals surface area contributed by atoms with Crippen molar-refractivity contribution in [3.05, 3.63) is 59.7 Å². The number of carbonyl (C=O) groups excluding carboxylic acids is 1. The van der Waals surface area contributed by atoms with Gasteiger partial charge in [0.05, 0.1) is 16.9 Å². The predicted molar refractivity (Wildman–Crippen MR) is 135 cm³/mol. The molecule has 4 aliphatic carbocycles. The third-order valence-electron chi connectivity index (χ3n) is 9.09. The van der Waals surface area contributed by atoms with Crippen molar-refractivity contribution < 1.29 is 4.79 Å². The Balaban J connectivity index is 1.03. The molecule has 3 heterocycles. The van der Waals surface area contributed by atoms with E-state index in [0.29, 0.717) is 6.42 Å². The lowest BCUT2D eigenvalue weighted by atomic mass is 9.49. The summed E-state index contributed by atoms with van der Waals surface area (Å²) in [6.45, 7) is 2.46. The Bertz CT molecular complexity index is 1250. The van der Waals surface area contributed by atoms with Gasteiger partial charge in [0.2, 0.25) is 5.91 Å². The molecular formula is C29H33N5O. The van der Waals surface area contributed by atoms with Crippen LogP contribution in [0, 0.1) is 23.2 Å². The van der Waals surface area contributed by atoms with Crippen LogP contribution in [-0.2, 0) is 24.3 Å². The average Bonchev–Trinajstić information content (AvgIpc) is 2.83. The van der Waals surface area contributed by atoms with E-state index in [9.17, 15) is 4.79 Å². The Morgan fingerprint density at radius 1 is 1.00 bits per heavy atom. The number of amides is 1. The van der Waals surface area contributed by atoms with Crippen LogP contribution in [0.2, 0.25) is 0 Å². The predicted octanol–water partition coefficient (Wildman–Crippen LogP) is 5.13. The smallest absolute Gasteiger partial charge is 0.226 e. The number of benzene rings is 1. The van der Waals surface area contributed by atoms with Crippen LogP contribution in [-0.4, -0.2) is 32.3 Å². The van der Waals surface area contributed by atoms with Gasteiger partial charge in [0, 0.05) is 37.0 Å². The van der Waals surface area contributed by atoms with Crippen molar-refractivity contribution in [2.75, 3.05) is 11.9 Å². The van der Waals surface area contributed by atoms with Crippen LogP contribution in [0.5, 0.6) is 0 Å². The van der Waals surface area contributed by atoms with Crippen molar-refractivity contribution in [3.63, 3.8) is 0 Å². The second-order valence-corrected chi connectivity index (χ2v) is 11.7. The minimum atomic E-state index is 0.149. The third kappa shape index (κ3) is 4.12. The lowest BCUT2D eigenvalue weighted by Crippen LogP contribution is -2.47. The Labute approximate surface area is 206 Å². The molecule has 2 aromatic heterocycles. The van der Waals surface area contributed by atoms with Gasteiger partial charge in [0.25, 0.3) is 0 Å². The number of rotatable bonds is 5. The number of anilines is 1. The molecule has 4 saturated carbocycles. The van der Waals surface area contributed by atoms with E-state index in [1.807, 2.05) is 12.1 Å². The molecule has 1 aromatic carbocycles. The molecule has 5 aliphatic rings. The quantitative estimate of drug-likeness (QED) is 0.563. The van der Waals surface area contributed by atoms with Crippen molar-refractivity contribution >= 4 is 22.6 Å². The maximum absolute atomic E-state index is 13.2. The molecule has 0 atom stereocenters. The number of fused-ring (bicyclic) bond motifs is 2. The van der Waals surface area contributed by atoms with Gasteiger partial charge in [-0.05, 0) is 80.2 Å². The van der Waals surface area contributed by atoms with E-state index in [-0.39, 0.29) is 11.3 Å². The first kappa shape index (κ1) is 21.4. The molecule has 4 bridgehead atoms. The van der Waals surface area contributed by atoms with Crippen LogP contribution in [0.4, 0.5) is 5.82 Å². The van der Waals surface area contributed by atoms with Crippen molar-refractivity contribution in [1.82, 2.24) is 19.9 Å². The Hall–Kier alpha value is -2.86. The maximum atomic E-state index is 13.2. The molecule has 8 rings (SSSR count). The molecule has 4 fully saturated rings. The summed E-state index contributed by atoms with van der Waals surface area (Å²) < 4.78 is 0. The zero-order chi connectivity index (χ0) is 23.4. The number of para-hydroxylation sites is 1. The SMILES string of the molecule is O=C(CC12CC3CC(CC(C3)C1)C2)Nc1ncnc2c1CCN(Cc1ccc3ccccc3n1)C2. The van der Waals surface area contributed by atoms with Gasteiger partial charge in [-0.2, -0.15) is 0 Å². The number of hydrogen-bond acceptors (Lipinski definition) is 5. The van der Waals surface area contributed by atoms with E-state index in [4.69, 9.17) is 4.98 Å². The van der Waals surface area contributed by atoms with E-state index < -0.39 is 0 Å². The van der Waals surface area contributed by atoms with Gasteiger partial charge in [-0.25, -0.2) is 9.97 Å². The number of carbonyl (C=O) groups is 1. The lowest BCUT2D eigenvalue weighted by molar-refractivity contribution is -0.124. The van der Waals surface area contributed by atoms with Gasteiger partial charge in [-0.3, -0.25) is 14.7 Å². The monoisotopic (exact) mass is 467 g/mol. The molecule has 1 aliphatic heterocycles. The van der Waals surface area contributed by atoms with Crippen LogP contribution in [0.15, 0.2) is 42.7 Å². The third-order valence-corrected chi connectivity index (χ3v) is 9.09. The second-order valence-electron chi connectivity index (χ2n) is 11.7. The topological polar surface area (TPSA) is 71.0 Å². The molecule has 1 N–H and O–H groups in total. The average molecular weight is 468 g/mol. The van der Waals surface area contributed by atoms with Gasteiger partial charge in [0.15, 0.2) is 0 Å². The summed E-state index contributed by atoms with van der Waals surface area (Å²) in [7, 11) is 0. The summed E-state index contributed by atoms with van der Waals surface area (Å²) in [5.41, 5.74) is 4.49. The van der Waals surface area contributed by atoms with E-state index >= 15 is 0 Å². The number of pyridine rings is 1. The largest absolute Gasteiger partial charge is 0.310 e. The minimum Gasteiger partial charge on any atom is -0.310 e. The normalized spacial score (nSPS) is 29.3. The zero-order valence-corrected chi connectivity index (χ0v) is 20.2. The van der Waals surface area contributed by atoms with Gasteiger partial charge < -0.3 is 5.32 Å². The number of aromatic nitrogens is 3. The second kappa shape index (κ2) is 8.37. The summed E-state index contributed by atoms with van der Waals surface area (Å²) in [4.78, 5) is 29.5. The highest BCUT2D eigenvalue weighted by atomic mass is 16.1. The number of nitrogens with zero attached hydrogens (tertiary/aromatic N) is 4. The van der Waals surface area contributed by atoms with Crippen LogP contribution < -0.4 is 5.32 Å². The molecule has 6 nitrogen and oxygen atoms in total. The fourth-order valence-corrected chi connectivity index (χ4v) is 8.10. The van der Waals surface area contributed by atoms with Crippen LogP contribution in [0.3, 0.4) is 0 Å². The highest BCUT2D eigenvalue weighted by Crippen LogP contribution is 2.61. The highest BCUT2D eigenvalue weighted by molar-refractivity contribution is 5.91. The number of nitrogens with one attached hydrogen (secondary N) is 1. The van der Waals surface area contributed by atoms with Gasteiger partial charge in [0.1, 0.15) is 12.1 Å². The van der Waals surface area contributed by atoms with E-state index in [0.717, 1.165) is 72.1 Å². The van der Waals surface area contributed by atoms with Crippen LogP contribution >= 0.6 is 0 Å². The Morgan fingerprint density at radius 2 is 1.77 bits per heavy atom. The van der Waals surface area contributed by atoms with E-state index in [2.05, 4.69) is 44.5 Å². The summed E-state index contributed by atoms with van der Waals surface area (Å²) in [6.07, 6.45) is 11.1. The molecule has 6 heteroatoms. The van der Waals surface area contributed by atoms with Crippen molar-refractivity contribution in [1.29, 1.82) is 0 Å². The van der Waals surface area contributed by atoms with E-state index in [1.165, 1.54) is 43.9 Å². The fraction of sp³-hybridized carbons (Fsp3) is 0.517. The molecule has 35 heavy (non-hydrogen) atoms. The van der Waals surface area contributed by atoms with Crippen LogP contribution in [0.1, 0.15) is 61.9 Å². The zero-order valence-electron chi connectivity index (χ0n) is 20.2. The number of hydrogen-bond donors (Lipinski definition) is 1. The van der Waals surface area contributed by atoms with Crippen molar-refractivity contribution in [2.24, 2.45) is 23.2 Å². The minimum absolute atomic E-state index is 0.149. The molecule has 1 amide bonds. The van der Waals surface area contributed by atoms with Crippen LogP contribution in [0.25, 0.3) is 10.9 Å². The molecule has 0 unspecified atom stereocenters. The summed E-state index contributed by atoms with van der Waals surface area (Å²) in [5.74, 6) is 3.47. The summed E-state index contributed by atoms with van der Waals surface area (Å²) in [6, 6.07) is 12.5. The Morgan fingerprint density at radius 3 is 2.57 bits per heavy atom. The van der Waals surface area contributed by atoms with Gasteiger partial charge >= 0.3 is 0 Å². The van der Waals surface area contributed by atoms with Crippen molar-refractivity contribution in [2.45, 2.75) is 64.5 Å². The highest BCUT2D eigenvalue weighted by Gasteiger charge is 2.51. The molecular weight excluding hydrogens is 434 g/mol. The van der Waals surface area contributed by atoms with Gasteiger partial charge in [-0.15, -0.1) is 0 Å². The lowest BCUT2D eigenvalue weighted by Gasteiger charge is -2.56. The summed E-state index contributed by atoms with van der Waals surface area (Å²) >= 11 is 0. The maximum Gasteiger partial charge on any atom is 0.226 e.